The molecule has 0 aromatic heterocycles. The van der Waals surface area contributed by atoms with E-state index in [0.717, 1.165) is 23.6 Å². The molecule has 0 radical (unpaired) electrons. The van der Waals surface area contributed by atoms with Gasteiger partial charge in [-0.3, -0.25) is 4.79 Å². The average molecular weight is 312 g/mol. The first kappa shape index (κ1) is 11.8. The predicted octanol–water partition coefficient (Wildman–Crippen LogP) is 1.95. The van der Waals surface area contributed by atoms with Gasteiger partial charge in [0, 0.05) is 24.3 Å². The molecule has 0 N–H and O–H groups in total. The van der Waals surface area contributed by atoms with Crippen molar-refractivity contribution in [2.24, 2.45) is 0 Å². The summed E-state index contributed by atoms with van der Waals surface area (Å²) in [5.41, 5.74) is 1.08. The zero-order valence-corrected chi connectivity index (χ0v) is 11.5. The van der Waals surface area contributed by atoms with Gasteiger partial charge < -0.3 is 14.4 Å². The highest BCUT2D eigenvalue weighted by Gasteiger charge is 2.27. The summed E-state index contributed by atoms with van der Waals surface area (Å²) in [7, 11) is 0. The molecule has 1 aromatic rings. The van der Waals surface area contributed by atoms with Crippen LogP contribution in [-0.4, -0.2) is 35.4 Å². The van der Waals surface area contributed by atoms with Gasteiger partial charge in [-0.2, -0.15) is 0 Å². The number of likely N-dealkylation sites (tertiary alicyclic amines) is 1. The molecule has 4 nitrogen and oxygen atoms in total. The van der Waals surface area contributed by atoms with Crippen LogP contribution in [0.5, 0.6) is 11.5 Å². The second-order valence-electron chi connectivity index (χ2n) is 4.55. The number of alkyl halides is 1. The first-order valence-corrected chi connectivity index (χ1v) is 6.94. The van der Waals surface area contributed by atoms with Crippen molar-refractivity contribution in [2.45, 2.75) is 17.8 Å². The number of hydrogen-bond donors (Lipinski definition) is 0. The van der Waals surface area contributed by atoms with Gasteiger partial charge >= 0.3 is 0 Å². The third-order valence-electron chi connectivity index (χ3n) is 3.15. The first-order chi connectivity index (χ1) is 8.72. The van der Waals surface area contributed by atoms with Crippen molar-refractivity contribution in [3.63, 3.8) is 0 Å². The summed E-state index contributed by atoms with van der Waals surface area (Å²) in [6, 6.07) is 5.86. The van der Waals surface area contributed by atoms with Gasteiger partial charge in [0.15, 0.2) is 11.5 Å². The number of carbonyl (C=O) groups is 1. The van der Waals surface area contributed by atoms with Gasteiger partial charge in [0.2, 0.25) is 5.91 Å². The summed E-state index contributed by atoms with van der Waals surface area (Å²) in [5.74, 6) is 1.77. The van der Waals surface area contributed by atoms with E-state index in [9.17, 15) is 4.79 Å². The molecule has 2 heterocycles. The van der Waals surface area contributed by atoms with Crippen LogP contribution in [0.1, 0.15) is 12.0 Å². The molecular formula is C13H14BrNO3. The van der Waals surface area contributed by atoms with E-state index in [0.29, 0.717) is 26.2 Å². The smallest absolute Gasteiger partial charge is 0.224 e. The van der Waals surface area contributed by atoms with E-state index in [-0.39, 0.29) is 10.7 Å². The maximum atomic E-state index is 11.7. The zero-order chi connectivity index (χ0) is 12.5. The Morgan fingerprint density at radius 2 is 2.06 bits per heavy atom. The minimum absolute atomic E-state index is 0.201. The Morgan fingerprint density at radius 3 is 2.78 bits per heavy atom. The average Bonchev–Trinajstić information content (AvgIpc) is 2.68. The Morgan fingerprint density at radius 1 is 1.28 bits per heavy atom. The summed E-state index contributed by atoms with van der Waals surface area (Å²) in [6.45, 7) is 2.59. The molecular weight excluding hydrogens is 298 g/mol. The van der Waals surface area contributed by atoms with Crippen molar-refractivity contribution in [3.8, 4) is 11.5 Å². The predicted molar refractivity (Wildman–Crippen MR) is 70.2 cm³/mol. The lowest BCUT2D eigenvalue weighted by Gasteiger charge is -2.20. The fourth-order valence-corrected chi connectivity index (χ4v) is 2.91. The van der Waals surface area contributed by atoms with Crippen molar-refractivity contribution in [1.29, 1.82) is 0 Å². The molecule has 0 bridgehead atoms. The van der Waals surface area contributed by atoms with Crippen molar-refractivity contribution in [2.75, 3.05) is 19.8 Å². The molecule has 1 fully saturated rings. The second-order valence-corrected chi connectivity index (χ2v) is 5.85. The number of ether oxygens (including phenoxy) is 2. The van der Waals surface area contributed by atoms with Crippen LogP contribution in [0.3, 0.4) is 0 Å². The van der Waals surface area contributed by atoms with Crippen molar-refractivity contribution < 1.29 is 14.3 Å². The Labute approximate surface area is 114 Å². The molecule has 1 atom stereocenters. The fourth-order valence-electron chi connectivity index (χ4n) is 2.28. The largest absolute Gasteiger partial charge is 0.486 e. The molecule has 96 valence electrons. The van der Waals surface area contributed by atoms with Crippen molar-refractivity contribution in [1.82, 2.24) is 4.90 Å². The number of nitrogens with zero attached hydrogens (tertiary/aromatic N) is 1. The van der Waals surface area contributed by atoms with Gasteiger partial charge in [-0.05, 0) is 17.7 Å². The second kappa shape index (κ2) is 4.80. The highest BCUT2D eigenvalue weighted by molar-refractivity contribution is 9.09. The number of fused-ring (bicyclic) bond motifs is 1. The van der Waals surface area contributed by atoms with Crippen LogP contribution in [0.2, 0.25) is 0 Å². The maximum absolute atomic E-state index is 11.7. The monoisotopic (exact) mass is 311 g/mol. The molecule has 0 spiro atoms. The van der Waals surface area contributed by atoms with Gasteiger partial charge in [0.25, 0.3) is 0 Å². The molecule has 2 aliphatic rings. The standard InChI is InChI=1S/C13H14BrNO3/c14-10-6-13(16)15(8-10)7-9-1-2-11-12(5-9)18-4-3-17-11/h1-2,5,10H,3-4,6-8H2. The zero-order valence-electron chi connectivity index (χ0n) is 9.89. The molecule has 1 amide bonds. The highest BCUT2D eigenvalue weighted by atomic mass is 79.9. The van der Waals surface area contributed by atoms with Crippen LogP contribution in [-0.2, 0) is 11.3 Å². The molecule has 0 aliphatic carbocycles. The maximum Gasteiger partial charge on any atom is 0.224 e. The molecule has 1 aromatic carbocycles. The molecule has 5 heteroatoms. The fraction of sp³-hybridized carbons (Fsp3) is 0.462. The number of carbonyl (C=O) groups excluding carboxylic acids is 1. The van der Waals surface area contributed by atoms with E-state index in [4.69, 9.17) is 9.47 Å². The highest BCUT2D eigenvalue weighted by Crippen LogP contribution is 2.31. The molecule has 2 aliphatic heterocycles. The van der Waals surface area contributed by atoms with E-state index in [1.54, 1.807) is 0 Å². The molecule has 1 saturated heterocycles. The van der Waals surface area contributed by atoms with Gasteiger partial charge in [-0.15, -0.1) is 0 Å². The Kier molecular flexibility index (Phi) is 3.16. The van der Waals surface area contributed by atoms with Gasteiger partial charge in [0.05, 0.1) is 0 Å². The lowest BCUT2D eigenvalue weighted by Crippen LogP contribution is -2.24. The molecule has 3 rings (SSSR count). The van der Waals surface area contributed by atoms with Crippen LogP contribution < -0.4 is 9.47 Å². The summed E-state index contributed by atoms with van der Waals surface area (Å²) in [5, 5.41) is 0. The first-order valence-electron chi connectivity index (χ1n) is 6.03. The van der Waals surface area contributed by atoms with Crippen molar-refractivity contribution in [3.05, 3.63) is 23.8 Å². The van der Waals surface area contributed by atoms with E-state index >= 15 is 0 Å². The van der Waals surface area contributed by atoms with Gasteiger partial charge in [-0.1, -0.05) is 22.0 Å². The third-order valence-corrected chi connectivity index (χ3v) is 3.76. The Hall–Kier alpha value is -1.23. The minimum Gasteiger partial charge on any atom is -0.486 e. The molecule has 18 heavy (non-hydrogen) atoms. The lowest BCUT2D eigenvalue weighted by atomic mass is 10.2. The SMILES string of the molecule is O=C1CC(Br)CN1Cc1ccc2c(c1)OCCO2. The van der Waals surface area contributed by atoms with Crippen molar-refractivity contribution >= 4 is 21.8 Å². The van der Waals surface area contributed by atoms with Gasteiger partial charge in [0.1, 0.15) is 13.2 Å². The summed E-state index contributed by atoms with van der Waals surface area (Å²) in [4.78, 5) is 13.9. The van der Waals surface area contributed by atoms with E-state index in [1.807, 2.05) is 23.1 Å². The Balaban J connectivity index is 1.75. The molecule has 1 unspecified atom stereocenters. The number of benzene rings is 1. The van der Waals surface area contributed by atoms with Crippen LogP contribution in [0, 0.1) is 0 Å². The number of hydrogen-bond acceptors (Lipinski definition) is 3. The quantitative estimate of drug-likeness (QED) is 0.784. The summed E-state index contributed by atoms with van der Waals surface area (Å²) in [6.07, 6.45) is 0.588. The van der Waals surface area contributed by atoms with E-state index in [2.05, 4.69) is 15.9 Å². The van der Waals surface area contributed by atoms with E-state index in [1.165, 1.54) is 0 Å². The van der Waals surface area contributed by atoms with Gasteiger partial charge in [-0.25, -0.2) is 0 Å². The minimum atomic E-state index is 0.201. The topological polar surface area (TPSA) is 38.8 Å². The third kappa shape index (κ3) is 2.32. The summed E-state index contributed by atoms with van der Waals surface area (Å²) < 4.78 is 11.0. The van der Waals surface area contributed by atoms with Crippen LogP contribution in [0.25, 0.3) is 0 Å². The number of amides is 1. The van der Waals surface area contributed by atoms with E-state index < -0.39 is 0 Å². The van der Waals surface area contributed by atoms with Crippen LogP contribution in [0.4, 0.5) is 0 Å². The molecule has 0 saturated carbocycles. The summed E-state index contributed by atoms with van der Waals surface area (Å²) >= 11 is 3.49. The number of halogens is 1. The Bertz CT molecular complexity index is 477. The normalized spacial score (nSPS) is 22.4. The number of rotatable bonds is 2. The van der Waals surface area contributed by atoms with Crippen LogP contribution >= 0.6 is 15.9 Å². The van der Waals surface area contributed by atoms with Crippen LogP contribution in [0.15, 0.2) is 18.2 Å². The lowest BCUT2D eigenvalue weighted by molar-refractivity contribution is -0.128.